The van der Waals surface area contributed by atoms with Crippen molar-refractivity contribution in [3.8, 4) is 11.6 Å². The summed E-state index contributed by atoms with van der Waals surface area (Å²) in [6.45, 7) is 1.86. The van der Waals surface area contributed by atoms with E-state index in [-0.39, 0.29) is 17.2 Å². The summed E-state index contributed by atoms with van der Waals surface area (Å²) in [6.07, 6.45) is 0.580. The molecule has 0 atom stereocenters. The van der Waals surface area contributed by atoms with E-state index in [9.17, 15) is 9.18 Å². The summed E-state index contributed by atoms with van der Waals surface area (Å²) in [4.78, 5) is 18.0. The van der Waals surface area contributed by atoms with Crippen LogP contribution in [0.15, 0.2) is 33.5 Å². The number of benzene rings is 1. The van der Waals surface area contributed by atoms with Crippen molar-refractivity contribution < 1.29 is 9.13 Å². The molecule has 1 N–H and O–H groups in total. The van der Waals surface area contributed by atoms with Crippen molar-refractivity contribution in [2.24, 2.45) is 0 Å². The fourth-order valence-corrected chi connectivity index (χ4v) is 1.70. The Morgan fingerprint density at radius 2 is 2.22 bits per heavy atom. The number of hydrogen-bond acceptors (Lipinski definition) is 3. The van der Waals surface area contributed by atoms with Gasteiger partial charge in [0.05, 0.1) is 10.5 Å². The van der Waals surface area contributed by atoms with Crippen LogP contribution in [-0.2, 0) is 6.42 Å². The molecular formula is C12H10BrFN2O2. The molecular weight excluding hydrogens is 303 g/mol. The Hall–Kier alpha value is -1.69. The number of ether oxygens (including phenoxy) is 1. The Labute approximate surface area is 111 Å². The maximum absolute atomic E-state index is 13.1. The fraction of sp³-hybridized carbons (Fsp3) is 0.167. The first-order chi connectivity index (χ1) is 8.58. The molecule has 1 aromatic carbocycles. The summed E-state index contributed by atoms with van der Waals surface area (Å²) in [7, 11) is 0. The van der Waals surface area contributed by atoms with Crippen LogP contribution in [-0.4, -0.2) is 9.97 Å². The zero-order valence-electron chi connectivity index (χ0n) is 9.54. The van der Waals surface area contributed by atoms with E-state index in [1.54, 1.807) is 0 Å². The summed E-state index contributed by atoms with van der Waals surface area (Å²) < 4.78 is 19.1. The highest BCUT2D eigenvalue weighted by molar-refractivity contribution is 9.10. The summed E-state index contributed by atoms with van der Waals surface area (Å²) in [5, 5.41) is 0. The van der Waals surface area contributed by atoms with E-state index in [1.807, 2.05) is 6.92 Å². The lowest BCUT2D eigenvalue weighted by Crippen LogP contribution is -2.10. The summed E-state index contributed by atoms with van der Waals surface area (Å²) >= 11 is 3.24. The van der Waals surface area contributed by atoms with E-state index in [0.717, 1.165) is 0 Å². The lowest BCUT2D eigenvalue weighted by Gasteiger charge is -2.07. The van der Waals surface area contributed by atoms with Gasteiger partial charge in [-0.15, -0.1) is 0 Å². The number of rotatable bonds is 3. The van der Waals surface area contributed by atoms with Gasteiger partial charge < -0.3 is 9.72 Å². The molecule has 2 aromatic rings. The van der Waals surface area contributed by atoms with E-state index >= 15 is 0 Å². The van der Waals surface area contributed by atoms with Gasteiger partial charge in [0.15, 0.2) is 0 Å². The second-order valence-electron chi connectivity index (χ2n) is 3.56. The minimum Gasteiger partial charge on any atom is -0.437 e. The van der Waals surface area contributed by atoms with Gasteiger partial charge in [-0.1, -0.05) is 6.92 Å². The number of H-pyrrole nitrogens is 1. The standard InChI is InChI=1S/C12H10BrFN2O2/c1-2-10-15-11(17)6-12(16-10)18-9-5-7(14)3-4-8(9)13/h3-6H,2H2,1H3,(H,15,16,17). The highest BCUT2D eigenvalue weighted by Gasteiger charge is 2.07. The van der Waals surface area contributed by atoms with E-state index in [4.69, 9.17) is 4.74 Å². The van der Waals surface area contributed by atoms with E-state index in [1.165, 1.54) is 24.3 Å². The van der Waals surface area contributed by atoms with Crippen molar-refractivity contribution >= 4 is 15.9 Å². The number of halogens is 2. The van der Waals surface area contributed by atoms with Crippen LogP contribution >= 0.6 is 15.9 Å². The number of nitrogens with one attached hydrogen (secondary N) is 1. The number of aryl methyl sites for hydroxylation is 1. The highest BCUT2D eigenvalue weighted by atomic mass is 79.9. The summed E-state index contributed by atoms with van der Waals surface area (Å²) in [6, 6.07) is 5.27. The van der Waals surface area contributed by atoms with Gasteiger partial charge in [0.1, 0.15) is 17.4 Å². The smallest absolute Gasteiger partial charge is 0.254 e. The van der Waals surface area contributed by atoms with Gasteiger partial charge in [-0.25, -0.2) is 4.39 Å². The Morgan fingerprint density at radius 1 is 1.44 bits per heavy atom. The van der Waals surface area contributed by atoms with Gasteiger partial charge in [0, 0.05) is 12.5 Å². The molecule has 0 radical (unpaired) electrons. The van der Waals surface area contributed by atoms with Crippen LogP contribution in [0.4, 0.5) is 4.39 Å². The van der Waals surface area contributed by atoms with E-state index in [2.05, 4.69) is 25.9 Å². The summed E-state index contributed by atoms with van der Waals surface area (Å²) in [5.41, 5.74) is -0.302. The molecule has 4 nitrogen and oxygen atoms in total. The van der Waals surface area contributed by atoms with Gasteiger partial charge >= 0.3 is 0 Å². The average Bonchev–Trinajstić information content (AvgIpc) is 2.33. The van der Waals surface area contributed by atoms with Gasteiger partial charge in [-0.3, -0.25) is 4.79 Å². The van der Waals surface area contributed by atoms with Crippen LogP contribution < -0.4 is 10.3 Å². The molecule has 0 amide bonds. The van der Waals surface area contributed by atoms with Crippen molar-refractivity contribution in [3.63, 3.8) is 0 Å². The zero-order chi connectivity index (χ0) is 13.1. The minimum absolute atomic E-state index is 0.141. The molecule has 1 heterocycles. The molecule has 0 bridgehead atoms. The van der Waals surface area contributed by atoms with Crippen LogP contribution in [0.5, 0.6) is 11.6 Å². The van der Waals surface area contributed by atoms with Crippen LogP contribution in [0.3, 0.4) is 0 Å². The van der Waals surface area contributed by atoms with Gasteiger partial charge in [-0.2, -0.15) is 4.98 Å². The molecule has 0 fully saturated rings. The monoisotopic (exact) mass is 312 g/mol. The second-order valence-corrected chi connectivity index (χ2v) is 4.42. The zero-order valence-corrected chi connectivity index (χ0v) is 11.1. The molecule has 94 valence electrons. The first-order valence-corrected chi connectivity index (χ1v) is 6.11. The van der Waals surface area contributed by atoms with E-state index < -0.39 is 5.82 Å². The molecule has 0 spiro atoms. The molecule has 0 aliphatic rings. The Balaban J connectivity index is 2.36. The normalized spacial score (nSPS) is 10.4. The molecule has 6 heteroatoms. The second kappa shape index (κ2) is 5.30. The maximum atomic E-state index is 13.1. The number of hydrogen-bond donors (Lipinski definition) is 1. The fourth-order valence-electron chi connectivity index (χ4n) is 1.37. The van der Waals surface area contributed by atoms with Crippen molar-refractivity contribution in [2.75, 3.05) is 0 Å². The summed E-state index contributed by atoms with van der Waals surface area (Å²) in [5.74, 6) is 0.510. The van der Waals surface area contributed by atoms with E-state index in [0.29, 0.717) is 16.7 Å². The Morgan fingerprint density at radius 3 is 2.94 bits per heavy atom. The quantitative estimate of drug-likeness (QED) is 0.947. The lowest BCUT2D eigenvalue weighted by molar-refractivity contribution is 0.450. The van der Waals surface area contributed by atoms with Crippen molar-refractivity contribution in [1.82, 2.24) is 9.97 Å². The van der Waals surface area contributed by atoms with Crippen molar-refractivity contribution in [2.45, 2.75) is 13.3 Å². The maximum Gasteiger partial charge on any atom is 0.254 e. The third-order valence-electron chi connectivity index (χ3n) is 2.21. The van der Waals surface area contributed by atoms with Crippen LogP contribution in [0, 0.1) is 5.82 Å². The Bertz CT molecular complexity index is 628. The Kier molecular flexibility index (Phi) is 3.76. The minimum atomic E-state index is -0.422. The van der Waals surface area contributed by atoms with Gasteiger partial charge in [0.2, 0.25) is 5.88 Å². The molecule has 0 saturated carbocycles. The number of nitrogens with zero attached hydrogens (tertiary/aromatic N) is 1. The number of aromatic nitrogens is 2. The molecule has 18 heavy (non-hydrogen) atoms. The first-order valence-electron chi connectivity index (χ1n) is 5.31. The van der Waals surface area contributed by atoms with Crippen LogP contribution in [0.25, 0.3) is 0 Å². The van der Waals surface area contributed by atoms with Gasteiger partial charge in [-0.05, 0) is 28.1 Å². The average molecular weight is 313 g/mol. The molecule has 1 aromatic heterocycles. The van der Waals surface area contributed by atoms with Gasteiger partial charge in [0.25, 0.3) is 5.56 Å². The molecule has 0 aliphatic heterocycles. The first kappa shape index (κ1) is 12.8. The molecule has 0 saturated heterocycles. The molecule has 0 aliphatic carbocycles. The molecule has 2 rings (SSSR count). The van der Waals surface area contributed by atoms with Crippen molar-refractivity contribution in [1.29, 1.82) is 0 Å². The van der Waals surface area contributed by atoms with Crippen LogP contribution in [0.1, 0.15) is 12.7 Å². The SMILES string of the molecule is CCc1nc(Oc2cc(F)ccc2Br)cc(=O)[nH]1. The van der Waals surface area contributed by atoms with Crippen molar-refractivity contribution in [3.05, 3.63) is 50.7 Å². The predicted molar refractivity (Wildman–Crippen MR) is 68.4 cm³/mol. The third-order valence-corrected chi connectivity index (χ3v) is 2.87. The third kappa shape index (κ3) is 2.95. The number of aromatic amines is 1. The molecule has 0 unspecified atom stereocenters. The van der Waals surface area contributed by atoms with Crippen LogP contribution in [0.2, 0.25) is 0 Å². The largest absolute Gasteiger partial charge is 0.437 e. The highest BCUT2D eigenvalue weighted by Crippen LogP contribution is 2.28. The predicted octanol–water partition coefficient (Wildman–Crippen LogP) is 3.03. The lowest BCUT2D eigenvalue weighted by atomic mass is 10.3. The topological polar surface area (TPSA) is 55.0 Å².